The van der Waals surface area contributed by atoms with Crippen molar-refractivity contribution in [3.05, 3.63) is 24.3 Å². The standard InChI is InChI=1S/C21H32N2O6S/c1-20(2,3)29-19(24)22-12-10-21(11-13-22,15-28-30(5,25)26)18-14-23(18)16-6-8-17(27-4)9-7-16/h6-9,18H,10-15H2,1-5H3/t18-,23?/m1/s1. The average Bonchev–Trinajstić information content (AvgIpc) is 3.46. The summed E-state index contributed by atoms with van der Waals surface area (Å²) in [4.78, 5) is 16.4. The minimum atomic E-state index is -3.55. The van der Waals surface area contributed by atoms with Crippen molar-refractivity contribution in [3.8, 4) is 5.75 Å². The van der Waals surface area contributed by atoms with E-state index in [4.69, 9.17) is 13.7 Å². The molecule has 1 aromatic rings. The van der Waals surface area contributed by atoms with Crippen LogP contribution in [0.5, 0.6) is 5.75 Å². The Morgan fingerprint density at radius 1 is 1.17 bits per heavy atom. The molecule has 2 saturated heterocycles. The Hall–Kier alpha value is -2.00. The molecule has 168 valence electrons. The molecule has 9 heteroatoms. The molecule has 2 fully saturated rings. The van der Waals surface area contributed by atoms with Crippen molar-refractivity contribution >= 4 is 21.9 Å². The fourth-order valence-corrected chi connectivity index (χ4v) is 4.43. The molecule has 8 nitrogen and oxygen atoms in total. The van der Waals surface area contributed by atoms with Crippen LogP contribution in [0, 0.1) is 5.41 Å². The fourth-order valence-electron chi connectivity index (χ4n) is 3.98. The van der Waals surface area contributed by atoms with Crippen molar-refractivity contribution in [2.24, 2.45) is 5.41 Å². The molecule has 1 atom stereocenters. The number of likely N-dealkylation sites (tertiary alicyclic amines) is 1. The highest BCUT2D eigenvalue weighted by atomic mass is 32.2. The van der Waals surface area contributed by atoms with Gasteiger partial charge in [0, 0.05) is 30.7 Å². The lowest BCUT2D eigenvalue weighted by Crippen LogP contribution is -2.49. The molecule has 1 aromatic carbocycles. The van der Waals surface area contributed by atoms with Crippen LogP contribution in [-0.4, -0.2) is 70.7 Å². The van der Waals surface area contributed by atoms with Crippen LogP contribution in [0.25, 0.3) is 0 Å². The Kier molecular flexibility index (Phi) is 6.25. The Labute approximate surface area is 179 Å². The van der Waals surface area contributed by atoms with E-state index in [9.17, 15) is 13.2 Å². The second-order valence-corrected chi connectivity index (χ2v) is 10.8. The molecule has 2 aliphatic rings. The molecule has 1 amide bonds. The zero-order valence-corrected chi connectivity index (χ0v) is 19.2. The number of benzene rings is 1. The number of rotatable bonds is 6. The van der Waals surface area contributed by atoms with Crippen LogP contribution in [0.15, 0.2) is 24.3 Å². The normalized spacial score (nSPS) is 21.3. The summed E-state index contributed by atoms with van der Waals surface area (Å²) in [6, 6.07) is 7.98. The van der Waals surface area contributed by atoms with Gasteiger partial charge in [-0.25, -0.2) is 4.79 Å². The predicted octanol–water partition coefficient (Wildman–Crippen LogP) is 2.88. The molecule has 0 N–H and O–H groups in total. The summed E-state index contributed by atoms with van der Waals surface area (Å²) in [5.41, 5.74) is 0.169. The Balaban J connectivity index is 1.71. The molecule has 0 spiro atoms. The molecule has 0 radical (unpaired) electrons. The van der Waals surface area contributed by atoms with E-state index >= 15 is 0 Å². The van der Waals surface area contributed by atoms with Gasteiger partial charge in [-0.1, -0.05) is 0 Å². The summed E-state index contributed by atoms with van der Waals surface area (Å²) in [6.07, 6.45) is 2.05. The van der Waals surface area contributed by atoms with Gasteiger partial charge in [-0.15, -0.1) is 0 Å². The van der Waals surface area contributed by atoms with Gasteiger partial charge in [0.1, 0.15) is 11.4 Å². The van der Waals surface area contributed by atoms with Crippen LogP contribution in [0.1, 0.15) is 33.6 Å². The number of carbonyl (C=O) groups is 1. The third-order valence-electron chi connectivity index (χ3n) is 5.69. The topological polar surface area (TPSA) is 85.2 Å². The van der Waals surface area contributed by atoms with Gasteiger partial charge in [0.25, 0.3) is 10.1 Å². The predicted molar refractivity (Wildman–Crippen MR) is 114 cm³/mol. The highest BCUT2D eigenvalue weighted by Crippen LogP contribution is 2.47. The highest BCUT2D eigenvalue weighted by Gasteiger charge is 2.53. The number of piperidine rings is 1. The van der Waals surface area contributed by atoms with Crippen LogP contribution < -0.4 is 9.64 Å². The maximum Gasteiger partial charge on any atom is 0.410 e. The number of methoxy groups -OCH3 is 1. The van der Waals surface area contributed by atoms with Crippen LogP contribution in [-0.2, 0) is 19.0 Å². The minimum Gasteiger partial charge on any atom is -0.497 e. The first-order chi connectivity index (χ1) is 13.9. The number of hydrogen-bond acceptors (Lipinski definition) is 7. The van der Waals surface area contributed by atoms with Gasteiger partial charge in [-0.3, -0.25) is 4.18 Å². The van der Waals surface area contributed by atoms with Crippen molar-refractivity contribution in [1.82, 2.24) is 4.90 Å². The first-order valence-electron chi connectivity index (χ1n) is 10.2. The number of anilines is 1. The first kappa shape index (κ1) is 22.7. The quantitative estimate of drug-likeness (QED) is 0.497. The number of ether oxygens (including phenoxy) is 2. The van der Waals surface area contributed by atoms with Gasteiger partial charge in [0.15, 0.2) is 0 Å². The number of amides is 1. The third kappa shape index (κ3) is 5.57. The summed E-state index contributed by atoms with van der Waals surface area (Å²) in [7, 11) is -1.92. The third-order valence-corrected chi connectivity index (χ3v) is 6.24. The molecule has 3 rings (SSSR count). The SMILES string of the molecule is COc1ccc(N2C[C@@H]2C2(COS(C)(=O)=O)CCN(C(=O)OC(C)(C)C)CC2)cc1. The van der Waals surface area contributed by atoms with Crippen LogP contribution in [0.4, 0.5) is 10.5 Å². The molecule has 2 heterocycles. The zero-order valence-electron chi connectivity index (χ0n) is 18.4. The lowest BCUT2D eigenvalue weighted by atomic mass is 9.76. The minimum absolute atomic E-state index is 0.116. The lowest BCUT2D eigenvalue weighted by Gasteiger charge is -2.41. The van der Waals surface area contributed by atoms with E-state index in [-0.39, 0.29) is 24.2 Å². The van der Waals surface area contributed by atoms with Crippen LogP contribution in [0.2, 0.25) is 0 Å². The van der Waals surface area contributed by atoms with E-state index in [1.807, 2.05) is 45.0 Å². The Morgan fingerprint density at radius 2 is 1.77 bits per heavy atom. The Morgan fingerprint density at radius 3 is 2.27 bits per heavy atom. The van der Waals surface area contributed by atoms with Gasteiger partial charge in [0.05, 0.1) is 26.0 Å². The maximum absolute atomic E-state index is 12.4. The van der Waals surface area contributed by atoms with E-state index in [1.54, 1.807) is 12.0 Å². The van der Waals surface area contributed by atoms with Crippen molar-refractivity contribution in [2.45, 2.75) is 45.3 Å². The Bertz CT molecular complexity index is 854. The van der Waals surface area contributed by atoms with Gasteiger partial charge in [0.2, 0.25) is 0 Å². The molecule has 2 aliphatic heterocycles. The second-order valence-electron chi connectivity index (χ2n) is 9.16. The molecule has 0 unspecified atom stereocenters. The van der Waals surface area contributed by atoms with E-state index in [0.29, 0.717) is 25.9 Å². The van der Waals surface area contributed by atoms with Crippen molar-refractivity contribution in [1.29, 1.82) is 0 Å². The van der Waals surface area contributed by atoms with Gasteiger partial charge < -0.3 is 19.3 Å². The number of carbonyl (C=O) groups excluding carboxylic acids is 1. The molecule has 0 bridgehead atoms. The second kappa shape index (κ2) is 8.26. The lowest BCUT2D eigenvalue weighted by molar-refractivity contribution is 0.00304. The maximum atomic E-state index is 12.4. The smallest absolute Gasteiger partial charge is 0.410 e. The molecule has 30 heavy (non-hydrogen) atoms. The van der Waals surface area contributed by atoms with Crippen LogP contribution in [0.3, 0.4) is 0 Å². The van der Waals surface area contributed by atoms with Crippen molar-refractivity contribution < 1.29 is 26.9 Å². The summed E-state index contributed by atoms with van der Waals surface area (Å²) in [5, 5.41) is 0. The van der Waals surface area contributed by atoms with Crippen molar-refractivity contribution in [2.75, 3.05) is 44.5 Å². The average molecular weight is 441 g/mol. The first-order valence-corrected chi connectivity index (χ1v) is 12.0. The molecule has 0 aliphatic carbocycles. The largest absolute Gasteiger partial charge is 0.497 e. The van der Waals surface area contributed by atoms with E-state index in [1.165, 1.54) is 0 Å². The summed E-state index contributed by atoms with van der Waals surface area (Å²) < 4.78 is 39.3. The van der Waals surface area contributed by atoms with Gasteiger partial charge in [-0.2, -0.15) is 8.42 Å². The van der Waals surface area contributed by atoms with Gasteiger partial charge in [-0.05, 0) is 57.9 Å². The zero-order chi connectivity index (χ0) is 22.2. The van der Waals surface area contributed by atoms with E-state index < -0.39 is 15.7 Å². The number of nitrogens with zero attached hydrogens (tertiary/aromatic N) is 2. The van der Waals surface area contributed by atoms with Crippen molar-refractivity contribution in [3.63, 3.8) is 0 Å². The monoisotopic (exact) mass is 440 g/mol. The van der Waals surface area contributed by atoms with Gasteiger partial charge >= 0.3 is 6.09 Å². The van der Waals surface area contributed by atoms with E-state index in [0.717, 1.165) is 24.2 Å². The van der Waals surface area contributed by atoms with E-state index in [2.05, 4.69) is 4.90 Å². The highest BCUT2D eigenvalue weighted by molar-refractivity contribution is 7.85. The fraction of sp³-hybridized carbons (Fsp3) is 0.667. The summed E-state index contributed by atoms with van der Waals surface area (Å²) in [5.74, 6) is 0.790. The number of hydrogen-bond donors (Lipinski definition) is 0. The summed E-state index contributed by atoms with van der Waals surface area (Å²) >= 11 is 0. The molecule has 0 saturated carbocycles. The molecule has 0 aromatic heterocycles. The van der Waals surface area contributed by atoms with Crippen LogP contribution >= 0.6 is 0 Å². The summed E-state index contributed by atoms with van der Waals surface area (Å²) in [6.45, 7) is 7.49. The molecular formula is C21H32N2O6S. The molecular weight excluding hydrogens is 408 g/mol.